The minimum absolute atomic E-state index is 0.0906. The number of methoxy groups -OCH3 is 2. The van der Waals surface area contributed by atoms with Crippen LogP contribution in [0.4, 0.5) is 0 Å². The van der Waals surface area contributed by atoms with Gasteiger partial charge in [0.1, 0.15) is 23.7 Å². The molecule has 5 heterocycles. The van der Waals surface area contributed by atoms with E-state index in [0.717, 1.165) is 6.42 Å². The van der Waals surface area contributed by atoms with Crippen molar-refractivity contribution >= 4 is 11.7 Å². The first-order chi connectivity index (χ1) is 25.8. The second-order valence-corrected chi connectivity index (χ2v) is 17.2. The Labute approximate surface area is 326 Å². The topological polar surface area (TPSA) is 189 Å². The number of aliphatic hydroxyl groups excluding tert-OH is 1. The van der Waals surface area contributed by atoms with E-state index in [4.69, 9.17) is 47.5 Å². The highest BCUT2D eigenvalue weighted by molar-refractivity contribution is 5.88. The van der Waals surface area contributed by atoms with E-state index in [1.54, 1.807) is 35.0 Å². The Balaban J connectivity index is 1.56. The number of hydrogen-bond donors (Lipinski definition) is 3. The molecule has 55 heavy (non-hydrogen) atoms. The van der Waals surface area contributed by atoms with Crippen molar-refractivity contribution < 1.29 is 67.6 Å². The lowest BCUT2D eigenvalue weighted by Gasteiger charge is -2.59. The predicted octanol–water partition coefficient (Wildman–Crippen LogP) is 2.58. The molecule has 0 aromatic rings. The number of hydrogen-bond acceptors (Lipinski definition) is 16. The number of esters is 1. The molecule has 1 spiro atoms. The summed E-state index contributed by atoms with van der Waals surface area (Å²) in [4.78, 5) is 22.4. The van der Waals surface area contributed by atoms with Gasteiger partial charge in [0, 0.05) is 44.4 Å². The molecule has 5 rings (SSSR count). The molecule has 16 heteroatoms. The molecule has 318 valence electrons. The monoisotopic (exact) mass is 788 g/mol. The van der Waals surface area contributed by atoms with E-state index in [1.165, 1.54) is 6.92 Å². The van der Waals surface area contributed by atoms with Gasteiger partial charge >= 0.3 is 5.97 Å². The smallest absolute Gasteiger partial charge is 0.317 e. The average Bonchev–Trinajstić information content (AvgIpc) is 3.85. The van der Waals surface area contributed by atoms with Crippen LogP contribution in [0, 0.1) is 23.7 Å². The third kappa shape index (κ3) is 9.05. The second kappa shape index (κ2) is 17.4. The molecule has 17 atom stereocenters. The van der Waals surface area contributed by atoms with Gasteiger partial charge in [0.25, 0.3) is 0 Å². The van der Waals surface area contributed by atoms with E-state index in [2.05, 4.69) is 10.1 Å². The fraction of sp³-hybridized carbons (Fsp3) is 0.949. The maximum Gasteiger partial charge on any atom is 0.317 e. The van der Waals surface area contributed by atoms with Crippen LogP contribution in [0.25, 0.3) is 0 Å². The number of oxime groups is 1. The maximum absolute atomic E-state index is 14.7. The molecule has 5 saturated heterocycles. The van der Waals surface area contributed by atoms with Gasteiger partial charge in [-0.15, -0.1) is 0 Å². The van der Waals surface area contributed by atoms with Crippen LogP contribution in [0.1, 0.15) is 87.5 Å². The van der Waals surface area contributed by atoms with Crippen LogP contribution in [0.2, 0.25) is 0 Å². The van der Waals surface area contributed by atoms with E-state index >= 15 is 0 Å². The van der Waals surface area contributed by atoms with Crippen molar-refractivity contribution in [3.8, 4) is 0 Å². The van der Waals surface area contributed by atoms with Gasteiger partial charge < -0.3 is 67.7 Å². The number of rotatable bonds is 11. The van der Waals surface area contributed by atoms with Crippen LogP contribution in [-0.2, 0) is 52.3 Å². The van der Waals surface area contributed by atoms with Crippen LogP contribution in [0.3, 0.4) is 0 Å². The number of ether oxygens (including phenoxy) is 9. The molecule has 5 aliphatic rings. The fourth-order valence-corrected chi connectivity index (χ4v) is 9.54. The molecule has 0 aromatic carbocycles. The third-order valence-electron chi connectivity index (χ3n) is 12.6. The van der Waals surface area contributed by atoms with E-state index in [9.17, 15) is 20.1 Å². The van der Waals surface area contributed by atoms with Crippen LogP contribution in [-0.4, -0.2) is 158 Å². The number of nitrogens with zero attached hydrogens (tertiary/aromatic N) is 2. The molecule has 0 amide bonds. The van der Waals surface area contributed by atoms with Crippen molar-refractivity contribution in [1.82, 2.24) is 4.90 Å². The highest BCUT2D eigenvalue weighted by Gasteiger charge is 2.76. The Morgan fingerprint density at radius 2 is 1.71 bits per heavy atom. The van der Waals surface area contributed by atoms with Crippen LogP contribution in [0.5, 0.6) is 0 Å². The number of aliphatic hydroxyl groups is 3. The minimum atomic E-state index is -1.94. The standard InChI is InChI=1S/C39H68N2O14/c1-13-27-37(8,45)32(42)23(4)30(40-49-20-48-15-14-46-11)21(2)18-36(7,44)33(52-28-17-26(41(9)10)16-22(3)50-28)24(5)31-29(35(43)51-27)38(54-31)19-39(47-12)34(55-39)25(6)53-38/h21-29,31-34,42,44-45H,13-20H2,1-12H3/b40-30+/t21-,22?,23+,24+,25?,26?,27-,28?,29-,31+,32-,33-,34?,36+,37-,38?,39?/m1/s1. The van der Waals surface area contributed by atoms with Gasteiger partial charge in [0.15, 0.2) is 12.1 Å². The number of epoxide rings is 1. The molecular weight excluding hydrogens is 720 g/mol. The Morgan fingerprint density at radius 1 is 1.00 bits per heavy atom. The highest BCUT2D eigenvalue weighted by Crippen LogP contribution is 2.60. The lowest BCUT2D eigenvalue weighted by atomic mass is 9.69. The summed E-state index contributed by atoms with van der Waals surface area (Å²) in [5.41, 5.74) is -3.16. The second-order valence-electron chi connectivity index (χ2n) is 17.2. The van der Waals surface area contributed by atoms with E-state index in [0.29, 0.717) is 18.7 Å². The fourth-order valence-electron chi connectivity index (χ4n) is 9.54. The molecule has 0 saturated carbocycles. The Kier molecular flexibility index (Phi) is 14.1. The molecular formula is C39H68N2O14. The zero-order chi connectivity index (χ0) is 40.7. The van der Waals surface area contributed by atoms with Crippen molar-refractivity contribution in [1.29, 1.82) is 0 Å². The van der Waals surface area contributed by atoms with Crippen molar-refractivity contribution in [3.05, 3.63) is 0 Å². The summed E-state index contributed by atoms with van der Waals surface area (Å²) >= 11 is 0. The molecule has 0 aromatic heterocycles. The number of carbonyl (C=O) groups is 1. The largest absolute Gasteiger partial charge is 0.459 e. The summed E-state index contributed by atoms with van der Waals surface area (Å²) in [5, 5.41) is 41.0. The summed E-state index contributed by atoms with van der Waals surface area (Å²) in [5.74, 6) is -6.17. The van der Waals surface area contributed by atoms with Crippen molar-refractivity contribution in [2.75, 3.05) is 48.3 Å². The van der Waals surface area contributed by atoms with Gasteiger partial charge in [-0.2, -0.15) is 0 Å². The first kappa shape index (κ1) is 44.6. The van der Waals surface area contributed by atoms with Crippen molar-refractivity contribution in [2.45, 2.75) is 165 Å². The predicted molar refractivity (Wildman–Crippen MR) is 198 cm³/mol. The van der Waals surface area contributed by atoms with E-state index in [1.807, 2.05) is 41.8 Å². The van der Waals surface area contributed by atoms with Gasteiger partial charge in [-0.1, -0.05) is 32.9 Å². The lowest BCUT2D eigenvalue weighted by Crippen LogP contribution is -2.72. The molecule has 16 nitrogen and oxygen atoms in total. The summed E-state index contributed by atoms with van der Waals surface area (Å²) in [7, 11) is 7.16. The molecule has 0 radical (unpaired) electrons. The van der Waals surface area contributed by atoms with Gasteiger partial charge in [0.05, 0.1) is 61.5 Å². The Bertz CT molecular complexity index is 1330. The quantitative estimate of drug-likeness (QED) is 0.0911. The maximum atomic E-state index is 14.7. The highest BCUT2D eigenvalue weighted by atomic mass is 16.8. The number of fused-ring (bicyclic) bond motifs is 3. The Hall–Kier alpha value is -1.54. The zero-order valence-electron chi connectivity index (χ0n) is 34.9. The normalized spacial score (nSPS) is 48.8. The summed E-state index contributed by atoms with van der Waals surface area (Å²) < 4.78 is 54.8. The molecule has 0 bridgehead atoms. The van der Waals surface area contributed by atoms with Gasteiger partial charge in [-0.3, -0.25) is 4.79 Å². The van der Waals surface area contributed by atoms with Crippen molar-refractivity contribution in [3.63, 3.8) is 0 Å². The summed E-state index contributed by atoms with van der Waals surface area (Å²) in [6.45, 7) is 14.7. The zero-order valence-corrected chi connectivity index (χ0v) is 34.9. The third-order valence-corrected chi connectivity index (χ3v) is 12.6. The molecule has 5 aliphatic heterocycles. The molecule has 5 fully saturated rings. The van der Waals surface area contributed by atoms with Gasteiger partial charge in [-0.25, -0.2) is 0 Å². The first-order valence-corrected chi connectivity index (χ1v) is 19.9. The SMILES string of the molecule is CC[C@H]1OC(=O)[C@H]2[C@@H](OC23CC2(OC)OC2C(C)O3)[C@H](C)[C@@H](OC2CC(N(C)C)CC(C)O2)[C@@](C)(O)C[C@@H](C)/C(=N\OCOCCOC)[C@H](C)[C@@H](O)[C@]1(C)O. The van der Waals surface area contributed by atoms with Gasteiger partial charge in [0.2, 0.25) is 12.6 Å². The van der Waals surface area contributed by atoms with Crippen LogP contribution in [0.15, 0.2) is 5.16 Å². The Morgan fingerprint density at radius 3 is 2.35 bits per heavy atom. The van der Waals surface area contributed by atoms with E-state index < -0.39 is 89.2 Å². The van der Waals surface area contributed by atoms with Crippen molar-refractivity contribution in [2.24, 2.45) is 28.8 Å². The molecule has 3 N–H and O–H groups in total. The van der Waals surface area contributed by atoms with Crippen LogP contribution >= 0.6 is 0 Å². The molecule has 7 unspecified atom stereocenters. The van der Waals surface area contributed by atoms with E-state index in [-0.39, 0.29) is 50.9 Å². The summed E-state index contributed by atoms with van der Waals surface area (Å²) in [6.07, 6.45) is -4.25. The lowest BCUT2D eigenvalue weighted by molar-refractivity contribution is -0.420. The summed E-state index contributed by atoms with van der Waals surface area (Å²) in [6, 6.07) is 0.175. The first-order valence-electron chi connectivity index (χ1n) is 19.9. The van der Waals surface area contributed by atoms with Gasteiger partial charge in [-0.05, 0) is 61.1 Å². The van der Waals surface area contributed by atoms with Crippen LogP contribution < -0.4 is 0 Å². The number of cyclic esters (lactones) is 1. The molecule has 0 aliphatic carbocycles. The number of carbonyl (C=O) groups excluding carboxylic acids is 1. The minimum Gasteiger partial charge on any atom is -0.459 e. The average molecular weight is 789 g/mol.